The van der Waals surface area contributed by atoms with Gasteiger partial charge in [0.05, 0.1) is 6.54 Å². The number of carbonyl (C=O) groups excluding carboxylic acids is 1. The average molecular weight is 394 g/mol. The Morgan fingerprint density at radius 1 is 1.14 bits per heavy atom. The summed E-state index contributed by atoms with van der Waals surface area (Å²) in [5.74, 6) is 0.379. The van der Waals surface area contributed by atoms with Crippen molar-refractivity contribution in [2.24, 2.45) is 10.7 Å². The molecule has 1 aliphatic heterocycles. The number of likely N-dealkylation sites (tertiary alicyclic amines) is 1. The lowest BCUT2D eigenvalue weighted by molar-refractivity contribution is 0.1000. The smallest absolute Gasteiger partial charge is 0.248 e. The molecule has 2 aromatic carbocycles. The van der Waals surface area contributed by atoms with Gasteiger partial charge in [-0.3, -0.25) is 9.69 Å². The van der Waals surface area contributed by atoms with Crippen LogP contribution in [0.3, 0.4) is 0 Å². The van der Waals surface area contributed by atoms with Gasteiger partial charge in [0, 0.05) is 31.2 Å². The lowest BCUT2D eigenvalue weighted by atomic mass is 10.1. The Morgan fingerprint density at radius 3 is 2.69 bits per heavy atom. The molecule has 0 aromatic heterocycles. The van der Waals surface area contributed by atoms with E-state index >= 15 is 0 Å². The van der Waals surface area contributed by atoms with Crippen LogP contribution in [0.25, 0.3) is 0 Å². The summed E-state index contributed by atoms with van der Waals surface area (Å²) in [4.78, 5) is 18.6. The number of primary amides is 1. The molecule has 1 fully saturated rings. The van der Waals surface area contributed by atoms with Crippen LogP contribution in [0.15, 0.2) is 59.6 Å². The molecule has 0 saturated carbocycles. The molecule has 29 heavy (non-hydrogen) atoms. The highest BCUT2D eigenvalue weighted by Gasteiger charge is 2.24. The minimum atomic E-state index is -0.416. The van der Waals surface area contributed by atoms with Gasteiger partial charge in [0.1, 0.15) is 0 Å². The first-order valence-electron chi connectivity index (χ1n) is 10.3. The number of guanidine groups is 1. The van der Waals surface area contributed by atoms with E-state index in [1.807, 2.05) is 12.1 Å². The maximum Gasteiger partial charge on any atom is 0.248 e. The largest absolute Gasteiger partial charge is 0.366 e. The molecule has 1 unspecified atom stereocenters. The summed E-state index contributed by atoms with van der Waals surface area (Å²) < 4.78 is 0. The Morgan fingerprint density at radius 2 is 1.93 bits per heavy atom. The topological polar surface area (TPSA) is 82.7 Å². The third-order valence-corrected chi connectivity index (χ3v) is 5.21. The molecule has 2 aromatic rings. The SMILES string of the molecule is CCNC(=NCc1cccc(C(N)=O)c1)NCC1CCCN1Cc1ccccc1. The second-order valence-corrected chi connectivity index (χ2v) is 7.39. The van der Waals surface area contributed by atoms with Gasteiger partial charge in [-0.25, -0.2) is 4.99 Å². The molecule has 1 heterocycles. The minimum absolute atomic E-state index is 0.416. The maximum absolute atomic E-state index is 11.4. The highest BCUT2D eigenvalue weighted by Crippen LogP contribution is 2.19. The van der Waals surface area contributed by atoms with Gasteiger partial charge in [-0.05, 0) is 49.6 Å². The lowest BCUT2D eigenvalue weighted by Crippen LogP contribution is -2.44. The molecule has 1 aliphatic rings. The van der Waals surface area contributed by atoms with Crippen molar-refractivity contribution in [3.05, 3.63) is 71.3 Å². The molecule has 3 rings (SSSR count). The molecular weight excluding hydrogens is 362 g/mol. The van der Waals surface area contributed by atoms with Crippen LogP contribution in [-0.4, -0.2) is 42.4 Å². The van der Waals surface area contributed by atoms with E-state index in [1.54, 1.807) is 12.1 Å². The Labute approximate surface area is 173 Å². The third-order valence-electron chi connectivity index (χ3n) is 5.21. The van der Waals surface area contributed by atoms with Crippen molar-refractivity contribution < 1.29 is 4.79 Å². The zero-order valence-corrected chi connectivity index (χ0v) is 17.1. The highest BCUT2D eigenvalue weighted by atomic mass is 16.1. The van der Waals surface area contributed by atoms with Crippen molar-refractivity contribution in [1.82, 2.24) is 15.5 Å². The van der Waals surface area contributed by atoms with Crippen LogP contribution in [0.1, 0.15) is 41.3 Å². The number of nitrogens with one attached hydrogen (secondary N) is 2. The second-order valence-electron chi connectivity index (χ2n) is 7.39. The Hall–Kier alpha value is -2.86. The number of hydrogen-bond donors (Lipinski definition) is 3. The number of nitrogens with two attached hydrogens (primary N) is 1. The van der Waals surface area contributed by atoms with E-state index in [0.29, 0.717) is 18.2 Å². The summed E-state index contributed by atoms with van der Waals surface area (Å²) in [7, 11) is 0. The second kappa shape index (κ2) is 10.6. The molecule has 1 saturated heterocycles. The molecule has 4 N–H and O–H groups in total. The van der Waals surface area contributed by atoms with Crippen molar-refractivity contribution in [3.8, 4) is 0 Å². The molecule has 0 spiro atoms. The summed E-state index contributed by atoms with van der Waals surface area (Å²) in [6.45, 7) is 6.33. The first kappa shape index (κ1) is 20.9. The van der Waals surface area contributed by atoms with Gasteiger partial charge in [0.15, 0.2) is 5.96 Å². The number of hydrogen-bond acceptors (Lipinski definition) is 3. The summed E-state index contributed by atoms with van der Waals surface area (Å²) >= 11 is 0. The summed E-state index contributed by atoms with van der Waals surface area (Å²) in [5, 5.41) is 6.80. The van der Waals surface area contributed by atoms with Gasteiger partial charge in [0.25, 0.3) is 0 Å². The van der Waals surface area contributed by atoms with Crippen LogP contribution in [0.4, 0.5) is 0 Å². The van der Waals surface area contributed by atoms with Gasteiger partial charge in [0.2, 0.25) is 5.91 Å². The number of benzene rings is 2. The van der Waals surface area contributed by atoms with E-state index in [-0.39, 0.29) is 0 Å². The molecule has 6 heteroatoms. The summed E-state index contributed by atoms with van der Waals surface area (Å²) in [6.07, 6.45) is 2.42. The van der Waals surface area contributed by atoms with E-state index in [2.05, 4.69) is 57.8 Å². The number of amides is 1. The molecule has 0 bridgehead atoms. The molecule has 6 nitrogen and oxygen atoms in total. The van der Waals surface area contributed by atoms with Crippen LogP contribution >= 0.6 is 0 Å². The minimum Gasteiger partial charge on any atom is -0.366 e. The van der Waals surface area contributed by atoms with Gasteiger partial charge < -0.3 is 16.4 Å². The van der Waals surface area contributed by atoms with Crippen LogP contribution in [0, 0.1) is 0 Å². The maximum atomic E-state index is 11.4. The monoisotopic (exact) mass is 393 g/mol. The Kier molecular flexibility index (Phi) is 7.64. The predicted molar refractivity (Wildman–Crippen MR) is 118 cm³/mol. The third kappa shape index (κ3) is 6.32. The van der Waals surface area contributed by atoms with E-state index in [1.165, 1.54) is 18.4 Å². The van der Waals surface area contributed by atoms with E-state index in [0.717, 1.165) is 37.7 Å². The zero-order chi connectivity index (χ0) is 20.5. The normalized spacial score (nSPS) is 17.3. The van der Waals surface area contributed by atoms with Crippen molar-refractivity contribution in [3.63, 3.8) is 0 Å². The van der Waals surface area contributed by atoms with Gasteiger partial charge in [-0.15, -0.1) is 0 Å². The predicted octanol–water partition coefficient (Wildman–Crippen LogP) is 2.51. The number of rotatable bonds is 8. The first-order valence-corrected chi connectivity index (χ1v) is 10.3. The van der Waals surface area contributed by atoms with Crippen LogP contribution in [-0.2, 0) is 13.1 Å². The fraction of sp³-hybridized carbons (Fsp3) is 0.391. The molecular formula is C23H31N5O. The van der Waals surface area contributed by atoms with Crippen molar-refractivity contribution >= 4 is 11.9 Å². The zero-order valence-electron chi connectivity index (χ0n) is 17.1. The fourth-order valence-corrected chi connectivity index (χ4v) is 3.70. The fourth-order valence-electron chi connectivity index (χ4n) is 3.70. The molecule has 154 valence electrons. The van der Waals surface area contributed by atoms with Crippen LogP contribution in [0.2, 0.25) is 0 Å². The van der Waals surface area contributed by atoms with E-state index in [4.69, 9.17) is 5.73 Å². The Bertz CT molecular complexity index is 821. The highest BCUT2D eigenvalue weighted by molar-refractivity contribution is 5.92. The van der Waals surface area contributed by atoms with Gasteiger partial charge in [-0.1, -0.05) is 42.5 Å². The van der Waals surface area contributed by atoms with Crippen molar-refractivity contribution in [2.45, 2.75) is 38.9 Å². The summed E-state index contributed by atoms with van der Waals surface area (Å²) in [5.41, 5.74) is 8.20. The lowest BCUT2D eigenvalue weighted by Gasteiger charge is -2.25. The standard InChI is InChI=1S/C23H31N5O/c1-2-25-23(26-15-19-10-6-11-20(14-19)22(24)29)27-16-21-12-7-13-28(21)17-18-8-4-3-5-9-18/h3-6,8-11,14,21H,2,7,12-13,15-17H2,1H3,(H2,24,29)(H2,25,26,27). The molecule has 1 atom stereocenters. The van der Waals surface area contributed by atoms with Gasteiger partial charge >= 0.3 is 0 Å². The quantitative estimate of drug-likeness (QED) is 0.475. The van der Waals surface area contributed by atoms with Crippen LogP contribution in [0.5, 0.6) is 0 Å². The van der Waals surface area contributed by atoms with Crippen molar-refractivity contribution in [2.75, 3.05) is 19.6 Å². The van der Waals surface area contributed by atoms with E-state index < -0.39 is 5.91 Å². The number of aliphatic imine (C=N–C) groups is 1. The first-order chi connectivity index (χ1) is 14.2. The number of carbonyl (C=O) groups is 1. The summed E-state index contributed by atoms with van der Waals surface area (Å²) in [6, 6.07) is 18.5. The average Bonchev–Trinajstić information content (AvgIpc) is 3.18. The Balaban J connectivity index is 1.57. The molecule has 0 aliphatic carbocycles. The molecule has 0 radical (unpaired) electrons. The van der Waals surface area contributed by atoms with Crippen molar-refractivity contribution in [1.29, 1.82) is 0 Å². The molecule has 1 amide bonds. The van der Waals surface area contributed by atoms with E-state index in [9.17, 15) is 4.79 Å². The number of nitrogens with zero attached hydrogens (tertiary/aromatic N) is 2. The van der Waals surface area contributed by atoms with Gasteiger partial charge in [-0.2, -0.15) is 0 Å². The van der Waals surface area contributed by atoms with Crippen LogP contribution < -0.4 is 16.4 Å².